The molecule has 0 aliphatic carbocycles. The fourth-order valence-corrected chi connectivity index (χ4v) is 10.7. The molecule has 1 N–H and O–H groups in total. The first kappa shape index (κ1) is 34.9. The quantitative estimate of drug-likeness (QED) is 0.114. The number of aryl methyl sites for hydroxylation is 1. The van der Waals surface area contributed by atoms with Gasteiger partial charge in [-0.1, -0.05) is 42.5 Å². The highest BCUT2D eigenvalue weighted by atomic mass is 28.4. The van der Waals surface area contributed by atoms with Crippen LogP contribution in [0.2, 0.25) is 18.6 Å². The molecule has 2 aromatic carbocycles. The highest BCUT2D eigenvalue weighted by Gasteiger charge is 2.66. The SMILES string of the molecule is COC(=O)CCCCN1C(=O)[C@@]2(O[C@@H](CCn3cc(C(CO)c4ccccc4)nn3)[C@H]([Si](C)(C)F)[C@H]2C)c2cc(N3CCCC3=O)ccc21. The van der Waals surface area contributed by atoms with Gasteiger partial charge in [0.05, 0.1) is 37.1 Å². The fourth-order valence-electron chi connectivity index (χ4n) is 8.15. The lowest BCUT2D eigenvalue weighted by atomic mass is 9.82. The Labute approximate surface area is 287 Å². The second-order valence-corrected chi connectivity index (χ2v) is 17.7. The number of benzene rings is 2. The number of anilines is 2. The van der Waals surface area contributed by atoms with Crippen LogP contribution in [0.25, 0.3) is 0 Å². The van der Waals surface area contributed by atoms with Gasteiger partial charge in [0.1, 0.15) is 0 Å². The average molecular weight is 692 g/mol. The third-order valence-corrected chi connectivity index (χ3v) is 13.0. The summed E-state index contributed by atoms with van der Waals surface area (Å²) >= 11 is 0. The number of aliphatic hydroxyl groups is 1. The molecule has 11 nitrogen and oxygen atoms in total. The zero-order valence-corrected chi connectivity index (χ0v) is 29.7. The van der Waals surface area contributed by atoms with E-state index < -0.39 is 31.6 Å². The van der Waals surface area contributed by atoms with Gasteiger partial charge >= 0.3 is 5.97 Å². The maximum Gasteiger partial charge on any atom is 0.305 e. The van der Waals surface area contributed by atoms with Crippen LogP contribution in [0, 0.1) is 5.92 Å². The molecule has 4 heterocycles. The van der Waals surface area contributed by atoms with Gasteiger partial charge in [0.2, 0.25) is 14.3 Å². The summed E-state index contributed by atoms with van der Waals surface area (Å²) in [5.74, 6) is -1.31. The topological polar surface area (TPSA) is 127 Å². The van der Waals surface area contributed by atoms with E-state index >= 15 is 4.11 Å². The van der Waals surface area contributed by atoms with Crippen LogP contribution >= 0.6 is 0 Å². The molecule has 2 saturated heterocycles. The Balaban J connectivity index is 1.30. The summed E-state index contributed by atoms with van der Waals surface area (Å²) < 4.78 is 29.8. The first-order chi connectivity index (χ1) is 23.5. The van der Waals surface area contributed by atoms with Gasteiger partial charge < -0.3 is 28.5 Å². The van der Waals surface area contributed by atoms with Crippen LogP contribution in [-0.2, 0) is 36.0 Å². The number of halogens is 1. The maximum absolute atomic E-state index is 16.4. The predicted octanol–water partition coefficient (Wildman–Crippen LogP) is 5.08. The number of unbranched alkanes of at least 4 members (excludes halogenated alkanes) is 1. The minimum atomic E-state index is -3.41. The van der Waals surface area contributed by atoms with Gasteiger partial charge in [0.15, 0.2) is 5.60 Å². The van der Waals surface area contributed by atoms with E-state index in [0.29, 0.717) is 67.9 Å². The molecule has 5 atom stereocenters. The maximum atomic E-state index is 16.4. The lowest BCUT2D eigenvalue weighted by Crippen LogP contribution is -2.45. The van der Waals surface area contributed by atoms with E-state index in [2.05, 4.69) is 10.3 Å². The predicted molar refractivity (Wildman–Crippen MR) is 184 cm³/mol. The number of carbonyl (C=O) groups excluding carboxylic acids is 3. The van der Waals surface area contributed by atoms with Crippen molar-refractivity contribution in [1.82, 2.24) is 15.0 Å². The van der Waals surface area contributed by atoms with Gasteiger partial charge in [-0.25, -0.2) is 0 Å². The molecule has 0 bridgehead atoms. The zero-order valence-electron chi connectivity index (χ0n) is 28.7. The fraction of sp³-hybridized carbons (Fsp3) is 0.528. The first-order valence-corrected chi connectivity index (χ1v) is 20.2. The van der Waals surface area contributed by atoms with E-state index in [1.807, 2.05) is 55.5 Å². The van der Waals surface area contributed by atoms with Crippen molar-refractivity contribution in [3.8, 4) is 0 Å². The van der Waals surface area contributed by atoms with Crippen molar-refractivity contribution >= 4 is 37.6 Å². The minimum absolute atomic E-state index is 0.0364. The Morgan fingerprint density at radius 1 is 1.16 bits per heavy atom. The number of fused-ring (bicyclic) bond motifs is 2. The van der Waals surface area contributed by atoms with Crippen LogP contribution in [0.4, 0.5) is 15.5 Å². The Kier molecular flexibility index (Phi) is 10.1. The van der Waals surface area contributed by atoms with Gasteiger partial charge in [-0.05, 0) is 62.5 Å². The summed E-state index contributed by atoms with van der Waals surface area (Å²) in [6.07, 6.45) is 4.23. The molecule has 3 aromatic rings. The lowest BCUT2D eigenvalue weighted by molar-refractivity contribution is -0.146. The molecule has 6 rings (SSSR count). The lowest BCUT2D eigenvalue weighted by Gasteiger charge is -2.31. The largest absolute Gasteiger partial charge is 0.469 e. The number of methoxy groups -OCH3 is 1. The smallest absolute Gasteiger partial charge is 0.305 e. The average Bonchev–Trinajstić information content (AvgIpc) is 3.85. The van der Waals surface area contributed by atoms with Crippen molar-refractivity contribution < 1.29 is 33.1 Å². The Morgan fingerprint density at radius 3 is 2.61 bits per heavy atom. The number of rotatable bonds is 13. The van der Waals surface area contributed by atoms with Crippen molar-refractivity contribution in [2.45, 2.75) is 88.3 Å². The first-order valence-electron chi connectivity index (χ1n) is 17.3. The Morgan fingerprint density at radius 2 is 1.94 bits per heavy atom. The molecule has 2 amide bonds. The van der Waals surface area contributed by atoms with Crippen LogP contribution < -0.4 is 9.80 Å². The van der Waals surface area contributed by atoms with E-state index in [-0.39, 0.29) is 36.7 Å². The second-order valence-electron chi connectivity index (χ2n) is 14.0. The molecule has 2 fully saturated rings. The number of aromatic nitrogens is 3. The molecular formula is C36H46FN5O6Si. The van der Waals surface area contributed by atoms with Crippen molar-refractivity contribution in [3.05, 3.63) is 71.5 Å². The Bertz CT molecular complexity index is 1680. The van der Waals surface area contributed by atoms with E-state index in [4.69, 9.17) is 9.47 Å². The van der Waals surface area contributed by atoms with Crippen LogP contribution in [0.15, 0.2) is 54.7 Å². The van der Waals surface area contributed by atoms with E-state index in [0.717, 1.165) is 12.0 Å². The highest BCUT2D eigenvalue weighted by molar-refractivity contribution is 6.72. The third kappa shape index (κ3) is 6.55. The molecule has 0 radical (unpaired) electrons. The molecular weight excluding hydrogens is 646 g/mol. The van der Waals surface area contributed by atoms with Gasteiger partial charge in [-0.2, -0.15) is 0 Å². The van der Waals surface area contributed by atoms with Crippen LogP contribution in [0.3, 0.4) is 0 Å². The Hall–Kier alpha value is -3.94. The second kappa shape index (κ2) is 14.1. The number of nitrogens with zero attached hydrogens (tertiary/aromatic N) is 5. The van der Waals surface area contributed by atoms with Crippen molar-refractivity contribution in [3.63, 3.8) is 0 Å². The molecule has 1 spiro atoms. The molecule has 49 heavy (non-hydrogen) atoms. The van der Waals surface area contributed by atoms with Crippen LogP contribution in [-0.4, -0.2) is 79.2 Å². The van der Waals surface area contributed by atoms with Gasteiger partial charge in [0.25, 0.3) is 5.91 Å². The van der Waals surface area contributed by atoms with Gasteiger partial charge in [0, 0.05) is 61.4 Å². The third-order valence-electron chi connectivity index (χ3n) is 10.5. The van der Waals surface area contributed by atoms with Gasteiger partial charge in [-0.15, -0.1) is 5.10 Å². The summed E-state index contributed by atoms with van der Waals surface area (Å²) in [7, 11) is -2.05. The van der Waals surface area contributed by atoms with E-state index in [9.17, 15) is 19.5 Å². The summed E-state index contributed by atoms with van der Waals surface area (Å²) in [5, 5.41) is 18.8. The number of ether oxygens (including phenoxy) is 2. The standard InChI is InChI=1S/C36H46FN5O6Si/c1-24-34(49(3,4)37)31(17-20-40-22-29(38-39-40)27(23-43)25-11-6-5-7-12-25)48-36(24)28-21-26(41-19-10-13-32(41)44)15-16-30(28)42(35(36)46)18-9-8-14-33(45)47-2/h5-7,11-12,15-16,21-22,24,27,31,34,43H,8-10,13-14,17-20,23H2,1-4H3/t24-,27?,31+,34-,36+/m1/s1. The van der Waals surface area contributed by atoms with Gasteiger partial charge in [-0.3, -0.25) is 19.1 Å². The molecule has 0 saturated carbocycles. The van der Waals surface area contributed by atoms with E-state index in [1.54, 1.807) is 33.8 Å². The molecule has 3 aliphatic heterocycles. The van der Waals surface area contributed by atoms with Crippen molar-refractivity contribution in [2.75, 3.05) is 36.6 Å². The number of hydrogen-bond acceptors (Lipinski definition) is 8. The molecule has 1 unspecified atom stereocenters. The summed E-state index contributed by atoms with van der Waals surface area (Å²) in [5.41, 5.74) is 1.70. The number of aliphatic hydroxyl groups excluding tert-OH is 1. The summed E-state index contributed by atoms with van der Waals surface area (Å²) in [6.45, 7) is 6.50. The number of carbonyl (C=O) groups is 3. The number of esters is 1. The number of amides is 2. The highest BCUT2D eigenvalue weighted by Crippen LogP contribution is 2.60. The molecule has 262 valence electrons. The molecule has 1 aromatic heterocycles. The van der Waals surface area contributed by atoms with Crippen LogP contribution in [0.5, 0.6) is 0 Å². The normalized spacial score (nSPS) is 24.2. The monoisotopic (exact) mass is 691 g/mol. The molecule has 13 heteroatoms. The summed E-state index contributed by atoms with van der Waals surface area (Å²) in [6, 6.07) is 15.3. The van der Waals surface area contributed by atoms with Crippen molar-refractivity contribution in [2.24, 2.45) is 5.92 Å². The molecule has 3 aliphatic rings. The number of hydrogen-bond donors (Lipinski definition) is 1. The van der Waals surface area contributed by atoms with E-state index in [1.165, 1.54) is 7.11 Å². The minimum Gasteiger partial charge on any atom is -0.469 e. The summed E-state index contributed by atoms with van der Waals surface area (Å²) in [4.78, 5) is 42.6. The van der Waals surface area contributed by atoms with Crippen molar-refractivity contribution in [1.29, 1.82) is 0 Å². The zero-order chi connectivity index (χ0) is 34.9. The van der Waals surface area contributed by atoms with Crippen LogP contribution in [0.1, 0.15) is 68.2 Å².